The highest BCUT2D eigenvalue weighted by Gasteiger charge is 2.30. The predicted octanol–water partition coefficient (Wildman–Crippen LogP) is 1.68. The lowest BCUT2D eigenvalue weighted by Gasteiger charge is -2.26. The molecular weight excluding hydrogens is 258 g/mol. The Kier molecular flexibility index (Phi) is 5.24. The van der Waals surface area contributed by atoms with Gasteiger partial charge in [0, 0.05) is 11.9 Å². The summed E-state index contributed by atoms with van der Waals surface area (Å²) >= 11 is 7.21. The van der Waals surface area contributed by atoms with Crippen molar-refractivity contribution in [2.75, 3.05) is 12.3 Å². The first-order valence-electron chi connectivity index (χ1n) is 5.27. The van der Waals surface area contributed by atoms with Gasteiger partial charge in [-0.05, 0) is 25.6 Å². The van der Waals surface area contributed by atoms with Crippen LogP contribution in [0.2, 0.25) is 5.02 Å². The number of nitrogens with zero attached hydrogens (tertiary/aromatic N) is 1. The molecule has 0 spiro atoms. The zero-order chi connectivity index (χ0) is 12.9. The largest absolute Gasteiger partial charge is 0.368 e. The van der Waals surface area contributed by atoms with Gasteiger partial charge in [0.1, 0.15) is 5.54 Å². The number of thioether (sulfide) groups is 1. The van der Waals surface area contributed by atoms with Crippen molar-refractivity contribution in [3.8, 4) is 0 Å². The lowest BCUT2D eigenvalue weighted by Crippen LogP contribution is -2.55. The fraction of sp³-hybridized carbons (Fsp3) is 0.455. The fourth-order valence-corrected chi connectivity index (χ4v) is 2.35. The van der Waals surface area contributed by atoms with E-state index in [0.29, 0.717) is 17.3 Å². The molecule has 0 saturated heterocycles. The van der Waals surface area contributed by atoms with Crippen molar-refractivity contribution >= 4 is 29.3 Å². The minimum absolute atomic E-state index is 0.360. The van der Waals surface area contributed by atoms with E-state index in [9.17, 15) is 4.79 Å². The van der Waals surface area contributed by atoms with Crippen LogP contribution >= 0.6 is 23.4 Å². The molecule has 1 aromatic heterocycles. The standard InChI is InChI=1S/C11H16ClN3OS/c1-3-15-11(2,10(13)16)7-17-9-5-4-8(12)6-14-9/h4-6,15H,3,7H2,1-2H3,(H2,13,16). The highest BCUT2D eigenvalue weighted by Crippen LogP contribution is 2.21. The van der Waals surface area contributed by atoms with Crippen LogP contribution < -0.4 is 11.1 Å². The molecular formula is C11H16ClN3OS. The van der Waals surface area contributed by atoms with Crippen molar-refractivity contribution in [1.82, 2.24) is 10.3 Å². The molecule has 3 N–H and O–H groups in total. The van der Waals surface area contributed by atoms with Gasteiger partial charge in [-0.2, -0.15) is 0 Å². The molecule has 0 radical (unpaired) electrons. The molecule has 0 aliphatic heterocycles. The number of likely N-dealkylation sites (N-methyl/N-ethyl adjacent to an activating group) is 1. The number of amides is 1. The van der Waals surface area contributed by atoms with Gasteiger partial charge in [-0.1, -0.05) is 18.5 Å². The summed E-state index contributed by atoms with van der Waals surface area (Å²) in [4.78, 5) is 15.5. The van der Waals surface area contributed by atoms with E-state index in [1.54, 1.807) is 19.2 Å². The van der Waals surface area contributed by atoms with Crippen molar-refractivity contribution < 1.29 is 4.79 Å². The summed E-state index contributed by atoms with van der Waals surface area (Å²) < 4.78 is 0. The number of nitrogens with two attached hydrogens (primary N) is 1. The van der Waals surface area contributed by atoms with Gasteiger partial charge in [-0.3, -0.25) is 4.79 Å². The molecule has 4 nitrogen and oxygen atoms in total. The van der Waals surface area contributed by atoms with Gasteiger partial charge in [0.25, 0.3) is 0 Å². The Balaban J connectivity index is 2.64. The molecule has 0 fully saturated rings. The third-order valence-corrected chi connectivity index (χ3v) is 3.80. The average Bonchev–Trinajstić information content (AvgIpc) is 2.28. The van der Waals surface area contributed by atoms with Crippen molar-refractivity contribution in [2.45, 2.75) is 24.4 Å². The van der Waals surface area contributed by atoms with E-state index in [2.05, 4.69) is 10.3 Å². The average molecular weight is 274 g/mol. The minimum atomic E-state index is -0.721. The van der Waals surface area contributed by atoms with Crippen molar-refractivity contribution in [3.63, 3.8) is 0 Å². The van der Waals surface area contributed by atoms with E-state index in [1.165, 1.54) is 11.8 Å². The van der Waals surface area contributed by atoms with Crippen molar-refractivity contribution in [2.24, 2.45) is 5.73 Å². The number of hydrogen-bond acceptors (Lipinski definition) is 4. The van der Waals surface area contributed by atoms with Gasteiger partial charge in [-0.25, -0.2) is 4.98 Å². The third-order valence-electron chi connectivity index (χ3n) is 2.32. The summed E-state index contributed by atoms with van der Waals surface area (Å²) in [5.41, 5.74) is 4.67. The second kappa shape index (κ2) is 6.23. The summed E-state index contributed by atoms with van der Waals surface area (Å²) in [7, 11) is 0. The number of aromatic nitrogens is 1. The third kappa shape index (κ3) is 4.18. The molecule has 6 heteroatoms. The quantitative estimate of drug-likeness (QED) is 0.774. The van der Waals surface area contributed by atoms with Crippen LogP contribution in [-0.2, 0) is 4.79 Å². The molecule has 1 aromatic rings. The molecule has 1 atom stereocenters. The monoisotopic (exact) mass is 273 g/mol. The van der Waals surface area contributed by atoms with Gasteiger partial charge >= 0.3 is 0 Å². The molecule has 1 rings (SSSR count). The van der Waals surface area contributed by atoms with Gasteiger partial charge in [0.05, 0.1) is 10.0 Å². The van der Waals surface area contributed by atoms with E-state index >= 15 is 0 Å². The van der Waals surface area contributed by atoms with Crippen LogP contribution in [0.4, 0.5) is 0 Å². The number of hydrogen-bond donors (Lipinski definition) is 2. The number of primary amides is 1. The van der Waals surface area contributed by atoms with E-state index in [1.807, 2.05) is 13.0 Å². The molecule has 0 aliphatic rings. The first-order chi connectivity index (χ1) is 7.98. The summed E-state index contributed by atoms with van der Waals surface area (Å²) in [5.74, 6) is 0.172. The number of carbonyl (C=O) groups is 1. The molecule has 17 heavy (non-hydrogen) atoms. The highest BCUT2D eigenvalue weighted by atomic mass is 35.5. The Morgan fingerprint density at radius 3 is 2.82 bits per heavy atom. The van der Waals surface area contributed by atoms with E-state index < -0.39 is 5.54 Å². The van der Waals surface area contributed by atoms with Gasteiger partial charge in [0.15, 0.2) is 0 Å². The lowest BCUT2D eigenvalue weighted by atomic mass is 10.1. The van der Waals surface area contributed by atoms with Crippen molar-refractivity contribution in [1.29, 1.82) is 0 Å². The molecule has 0 aliphatic carbocycles. The van der Waals surface area contributed by atoms with Crippen LogP contribution in [0.3, 0.4) is 0 Å². The second-order valence-electron chi connectivity index (χ2n) is 3.83. The van der Waals surface area contributed by atoms with Crippen molar-refractivity contribution in [3.05, 3.63) is 23.4 Å². The molecule has 1 unspecified atom stereocenters. The summed E-state index contributed by atoms with van der Waals surface area (Å²) in [6.07, 6.45) is 1.58. The zero-order valence-electron chi connectivity index (χ0n) is 9.87. The predicted molar refractivity (Wildman–Crippen MR) is 71.2 cm³/mol. The summed E-state index contributed by atoms with van der Waals surface area (Å²) in [5, 5.41) is 4.51. The summed E-state index contributed by atoms with van der Waals surface area (Å²) in [6.45, 7) is 4.42. The fourth-order valence-electron chi connectivity index (χ4n) is 1.27. The second-order valence-corrected chi connectivity index (χ2v) is 5.26. The smallest absolute Gasteiger partial charge is 0.238 e. The Labute approximate surface area is 110 Å². The maximum Gasteiger partial charge on any atom is 0.238 e. The zero-order valence-corrected chi connectivity index (χ0v) is 11.4. The lowest BCUT2D eigenvalue weighted by molar-refractivity contribution is -0.122. The Morgan fingerprint density at radius 1 is 1.65 bits per heavy atom. The molecule has 0 aromatic carbocycles. The maximum absolute atomic E-state index is 11.4. The Morgan fingerprint density at radius 2 is 2.35 bits per heavy atom. The Bertz CT molecular complexity index is 385. The SMILES string of the molecule is CCNC(C)(CSc1ccc(Cl)cn1)C(N)=O. The number of rotatable bonds is 6. The van der Waals surface area contributed by atoms with Crippen LogP contribution in [-0.4, -0.2) is 28.7 Å². The number of carbonyl (C=O) groups excluding carboxylic acids is 1. The molecule has 94 valence electrons. The van der Waals surface area contributed by atoms with Crippen LogP contribution in [0.25, 0.3) is 0 Å². The number of nitrogens with one attached hydrogen (secondary N) is 1. The van der Waals surface area contributed by atoms with Crippen LogP contribution in [0.1, 0.15) is 13.8 Å². The van der Waals surface area contributed by atoms with Gasteiger partial charge < -0.3 is 11.1 Å². The van der Waals surface area contributed by atoms with Crippen LogP contribution in [0, 0.1) is 0 Å². The van der Waals surface area contributed by atoms with Crippen LogP contribution in [0.5, 0.6) is 0 Å². The topological polar surface area (TPSA) is 68.0 Å². The first-order valence-corrected chi connectivity index (χ1v) is 6.63. The molecule has 1 amide bonds. The number of halogens is 1. The van der Waals surface area contributed by atoms with Gasteiger partial charge in [0.2, 0.25) is 5.91 Å². The number of pyridine rings is 1. The molecule has 1 heterocycles. The normalized spacial score (nSPS) is 14.3. The Hall–Kier alpha value is -0.780. The maximum atomic E-state index is 11.4. The van der Waals surface area contributed by atoms with E-state index in [0.717, 1.165) is 5.03 Å². The van der Waals surface area contributed by atoms with E-state index in [4.69, 9.17) is 17.3 Å². The molecule has 0 bridgehead atoms. The van der Waals surface area contributed by atoms with Gasteiger partial charge in [-0.15, -0.1) is 11.8 Å². The summed E-state index contributed by atoms with van der Waals surface area (Å²) in [6, 6.07) is 3.59. The van der Waals surface area contributed by atoms with E-state index in [-0.39, 0.29) is 5.91 Å². The molecule has 0 saturated carbocycles. The highest BCUT2D eigenvalue weighted by molar-refractivity contribution is 7.99. The van der Waals surface area contributed by atoms with Crippen LogP contribution in [0.15, 0.2) is 23.4 Å². The first kappa shape index (κ1) is 14.3. The minimum Gasteiger partial charge on any atom is -0.368 e.